The minimum atomic E-state index is -3.82. The SMILES string of the molecule is Cc1noc(C)c1S(=O)(=O)N1CCC[C@@H]1c1nc(N)ncc1-c1ccc(Cl)cc1. The molecule has 0 aliphatic carbocycles. The first-order valence-corrected chi connectivity index (χ1v) is 10.9. The van der Waals surface area contributed by atoms with Gasteiger partial charge in [0, 0.05) is 23.3 Å². The number of rotatable bonds is 4. The number of sulfonamides is 1. The monoisotopic (exact) mass is 433 g/mol. The van der Waals surface area contributed by atoms with Crippen molar-refractivity contribution in [3.63, 3.8) is 0 Å². The summed E-state index contributed by atoms with van der Waals surface area (Å²) in [4.78, 5) is 8.66. The van der Waals surface area contributed by atoms with Crippen molar-refractivity contribution < 1.29 is 12.9 Å². The third-order valence-corrected chi connectivity index (χ3v) is 7.45. The summed E-state index contributed by atoms with van der Waals surface area (Å²) in [6, 6.07) is 6.77. The number of hydrogen-bond donors (Lipinski definition) is 1. The second-order valence-electron chi connectivity index (χ2n) is 6.96. The van der Waals surface area contributed by atoms with E-state index in [0.717, 1.165) is 11.1 Å². The van der Waals surface area contributed by atoms with Crippen LogP contribution < -0.4 is 5.73 Å². The zero-order valence-corrected chi connectivity index (χ0v) is 17.5. The summed E-state index contributed by atoms with van der Waals surface area (Å²) < 4.78 is 33.4. The molecule has 0 radical (unpaired) electrons. The molecule has 1 aliphatic rings. The minimum Gasteiger partial charge on any atom is -0.368 e. The Balaban J connectivity index is 1.82. The number of nitrogens with two attached hydrogens (primary N) is 1. The van der Waals surface area contributed by atoms with Crippen LogP contribution in [0.1, 0.15) is 36.0 Å². The van der Waals surface area contributed by atoms with Crippen LogP contribution in [-0.4, -0.2) is 34.4 Å². The Hall–Kier alpha value is -2.49. The molecule has 1 atom stereocenters. The van der Waals surface area contributed by atoms with E-state index < -0.39 is 16.1 Å². The van der Waals surface area contributed by atoms with Gasteiger partial charge in [0.2, 0.25) is 16.0 Å². The number of nitrogens with zero attached hydrogens (tertiary/aromatic N) is 4. The standard InChI is InChI=1S/C19H20ClN5O3S/c1-11-18(12(2)28-24-11)29(26,27)25-9-3-4-16(25)17-15(10-22-19(21)23-17)13-5-7-14(20)8-6-13/h5-8,10,16H,3-4,9H2,1-2H3,(H2,21,22,23)/t16-/m1/s1. The molecule has 1 aromatic carbocycles. The molecule has 29 heavy (non-hydrogen) atoms. The first-order valence-electron chi connectivity index (χ1n) is 9.12. The molecule has 0 saturated carbocycles. The van der Waals surface area contributed by atoms with Crippen LogP contribution in [0.5, 0.6) is 0 Å². The number of hydrogen-bond acceptors (Lipinski definition) is 7. The molecule has 3 heterocycles. The van der Waals surface area contributed by atoms with Crippen LogP contribution >= 0.6 is 11.6 Å². The van der Waals surface area contributed by atoms with Crippen molar-refractivity contribution in [2.24, 2.45) is 0 Å². The fourth-order valence-corrected chi connectivity index (χ4v) is 5.86. The Morgan fingerprint density at radius 1 is 1.24 bits per heavy atom. The Kier molecular flexibility index (Phi) is 5.05. The predicted octanol–water partition coefficient (Wildman–Crippen LogP) is 3.51. The maximum absolute atomic E-state index is 13.4. The van der Waals surface area contributed by atoms with E-state index in [4.69, 9.17) is 21.9 Å². The van der Waals surface area contributed by atoms with Crippen LogP contribution in [-0.2, 0) is 10.0 Å². The van der Waals surface area contributed by atoms with Crippen molar-refractivity contribution >= 4 is 27.6 Å². The summed E-state index contributed by atoms with van der Waals surface area (Å²) in [5, 5.41) is 4.41. The molecule has 10 heteroatoms. The molecule has 0 bridgehead atoms. The zero-order valence-electron chi connectivity index (χ0n) is 16.0. The van der Waals surface area contributed by atoms with Gasteiger partial charge in [-0.1, -0.05) is 28.9 Å². The van der Waals surface area contributed by atoms with E-state index in [1.807, 2.05) is 12.1 Å². The van der Waals surface area contributed by atoms with E-state index in [0.29, 0.717) is 35.8 Å². The van der Waals surface area contributed by atoms with Crippen LogP contribution in [0.25, 0.3) is 11.1 Å². The van der Waals surface area contributed by atoms with E-state index in [1.54, 1.807) is 32.2 Å². The molecule has 1 saturated heterocycles. The molecule has 4 rings (SSSR count). The molecule has 1 aliphatic heterocycles. The predicted molar refractivity (Wildman–Crippen MR) is 109 cm³/mol. The van der Waals surface area contributed by atoms with E-state index in [-0.39, 0.29) is 16.6 Å². The molecule has 152 valence electrons. The number of aryl methyl sites for hydroxylation is 2. The summed E-state index contributed by atoms with van der Waals surface area (Å²) in [5.41, 5.74) is 8.34. The van der Waals surface area contributed by atoms with E-state index >= 15 is 0 Å². The Labute approximate surface area is 173 Å². The van der Waals surface area contributed by atoms with Gasteiger partial charge in [-0.3, -0.25) is 0 Å². The normalized spacial score (nSPS) is 17.7. The maximum Gasteiger partial charge on any atom is 0.249 e. The highest BCUT2D eigenvalue weighted by Crippen LogP contribution is 2.40. The first kappa shape index (κ1) is 19.8. The lowest BCUT2D eigenvalue weighted by molar-refractivity contribution is 0.381. The smallest absolute Gasteiger partial charge is 0.249 e. The van der Waals surface area contributed by atoms with Gasteiger partial charge >= 0.3 is 0 Å². The number of aromatic nitrogens is 3. The van der Waals surface area contributed by atoms with Crippen LogP contribution in [0.2, 0.25) is 5.02 Å². The molecule has 2 aromatic heterocycles. The van der Waals surface area contributed by atoms with Gasteiger partial charge in [0.1, 0.15) is 10.6 Å². The largest absolute Gasteiger partial charge is 0.368 e. The highest BCUT2D eigenvalue weighted by Gasteiger charge is 2.41. The summed E-state index contributed by atoms with van der Waals surface area (Å²) in [6.45, 7) is 3.59. The average Bonchev–Trinajstić information content (AvgIpc) is 3.30. The molecule has 3 aromatic rings. The van der Waals surface area contributed by atoms with Gasteiger partial charge in [-0.25, -0.2) is 18.4 Å². The summed E-state index contributed by atoms with van der Waals surface area (Å²) in [6.07, 6.45) is 2.96. The Morgan fingerprint density at radius 3 is 2.62 bits per heavy atom. The summed E-state index contributed by atoms with van der Waals surface area (Å²) in [7, 11) is -3.82. The minimum absolute atomic E-state index is 0.0966. The number of halogens is 1. The van der Waals surface area contributed by atoms with Gasteiger partial charge in [-0.15, -0.1) is 0 Å². The molecule has 0 spiro atoms. The second-order valence-corrected chi connectivity index (χ2v) is 9.22. The number of benzene rings is 1. The van der Waals surface area contributed by atoms with Crippen LogP contribution in [0.4, 0.5) is 5.95 Å². The van der Waals surface area contributed by atoms with Gasteiger partial charge < -0.3 is 10.3 Å². The van der Waals surface area contributed by atoms with Crippen molar-refractivity contribution in [1.29, 1.82) is 0 Å². The quantitative estimate of drug-likeness (QED) is 0.669. The van der Waals surface area contributed by atoms with E-state index in [9.17, 15) is 8.42 Å². The first-order chi connectivity index (χ1) is 13.8. The van der Waals surface area contributed by atoms with E-state index in [2.05, 4.69) is 15.1 Å². The summed E-state index contributed by atoms with van der Waals surface area (Å²) >= 11 is 6.01. The molecular formula is C19H20ClN5O3S. The van der Waals surface area contributed by atoms with Crippen LogP contribution in [0.15, 0.2) is 39.9 Å². The number of anilines is 1. The third-order valence-electron chi connectivity index (χ3n) is 5.05. The van der Waals surface area contributed by atoms with Crippen molar-refractivity contribution in [3.8, 4) is 11.1 Å². The van der Waals surface area contributed by atoms with Gasteiger partial charge in [0.25, 0.3) is 0 Å². The third kappa shape index (κ3) is 3.50. The van der Waals surface area contributed by atoms with Gasteiger partial charge in [0.05, 0.1) is 11.7 Å². The Morgan fingerprint density at radius 2 is 1.97 bits per heavy atom. The highest BCUT2D eigenvalue weighted by atomic mass is 35.5. The number of nitrogen functional groups attached to an aromatic ring is 1. The highest BCUT2D eigenvalue weighted by molar-refractivity contribution is 7.89. The Bertz CT molecular complexity index is 1140. The second kappa shape index (κ2) is 7.40. The molecule has 8 nitrogen and oxygen atoms in total. The zero-order chi connectivity index (χ0) is 20.8. The van der Waals surface area contributed by atoms with Gasteiger partial charge in [-0.05, 0) is 44.4 Å². The molecule has 0 amide bonds. The molecule has 2 N–H and O–H groups in total. The lowest BCUT2D eigenvalue weighted by atomic mass is 10.0. The van der Waals surface area contributed by atoms with Gasteiger partial charge in [-0.2, -0.15) is 4.31 Å². The topological polar surface area (TPSA) is 115 Å². The van der Waals surface area contributed by atoms with Crippen LogP contribution in [0.3, 0.4) is 0 Å². The van der Waals surface area contributed by atoms with Gasteiger partial charge in [0.15, 0.2) is 5.76 Å². The fourth-order valence-electron chi connectivity index (χ4n) is 3.78. The molecule has 1 fully saturated rings. The van der Waals surface area contributed by atoms with E-state index in [1.165, 1.54) is 4.31 Å². The lowest BCUT2D eigenvalue weighted by Crippen LogP contribution is -2.32. The van der Waals surface area contributed by atoms with Crippen molar-refractivity contribution in [2.45, 2.75) is 37.6 Å². The maximum atomic E-state index is 13.4. The summed E-state index contributed by atoms with van der Waals surface area (Å²) in [5.74, 6) is 0.368. The van der Waals surface area contributed by atoms with Crippen LogP contribution in [0, 0.1) is 13.8 Å². The molecular weight excluding hydrogens is 414 g/mol. The van der Waals surface area contributed by atoms with Crippen molar-refractivity contribution in [1.82, 2.24) is 19.4 Å². The average molecular weight is 434 g/mol. The fraction of sp³-hybridized carbons (Fsp3) is 0.316. The molecule has 0 unspecified atom stereocenters. The van der Waals surface area contributed by atoms with Crippen molar-refractivity contribution in [2.75, 3.05) is 12.3 Å². The van der Waals surface area contributed by atoms with Crippen molar-refractivity contribution in [3.05, 3.63) is 52.6 Å². The lowest BCUT2D eigenvalue weighted by Gasteiger charge is -2.25.